The van der Waals surface area contributed by atoms with E-state index in [1.165, 1.54) is 0 Å². The van der Waals surface area contributed by atoms with Gasteiger partial charge >= 0.3 is 0 Å². The summed E-state index contributed by atoms with van der Waals surface area (Å²) >= 11 is 0. The van der Waals surface area contributed by atoms with Crippen molar-refractivity contribution in [3.63, 3.8) is 0 Å². The Kier molecular flexibility index (Phi) is 2.68. The lowest BCUT2D eigenvalue weighted by atomic mass is 10.1. The molecule has 0 spiro atoms. The molecule has 0 unspecified atom stereocenters. The van der Waals surface area contributed by atoms with Crippen LogP contribution in [0.5, 0.6) is 0 Å². The largest absolute Gasteiger partial charge is 0.373 e. The molecule has 0 atom stereocenters. The Bertz CT molecular complexity index is 526. The molecule has 2 rings (SSSR count). The number of benzene rings is 1. The smallest absolute Gasteiger partial charge is 0.297 e. The zero-order valence-electron chi connectivity index (χ0n) is 8.96. The summed E-state index contributed by atoms with van der Waals surface area (Å²) in [6.07, 6.45) is -2.65. The number of fused-ring (bicyclic) bond motifs is 1. The van der Waals surface area contributed by atoms with E-state index < -0.39 is 12.2 Å². The summed E-state index contributed by atoms with van der Waals surface area (Å²) in [6.45, 7) is 1.93. The van der Waals surface area contributed by atoms with Crippen LogP contribution in [0.3, 0.4) is 0 Å². The van der Waals surface area contributed by atoms with E-state index in [0.29, 0.717) is 11.3 Å². The van der Waals surface area contributed by atoms with Gasteiger partial charge in [-0.15, -0.1) is 0 Å². The fourth-order valence-electron chi connectivity index (χ4n) is 1.55. The first-order valence-corrected chi connectivity index (χ1v) is 4.86. The number of aromatic nitrogens is 2. The first-order chi connectivity index (χ1) is 7.61. The molecule has 1 N–H and O–H groups in total. The summed E-state index contributed by atoms with van der Waals surface area (Å²) < 4.78 is 25.1. The lowest BCUT2D eigenvalue weighted by molar-refractivity contribution is 0.141. The molecular weight excluding hydrogens is 212 g/mol. The average molecular weight is 223 g/mol. The monoisotopic (exact) mass is 223 g/mol. The van der Waals surface area contributed by atoms with E-state index in [1.807, 2.05) is 19.1 Å². The lowest BCUT2D eigenvalue weighted by Crippen LogP contribution is -2.02. The first-order valence-electron chi connectivity index (χ1n) is 4.86. The van der Waals surface area contributed by atoms with Crippen molar-refractivity contribution in [3.8, 4) is 0 Å². The van der Waals surface area contributed by atoms with E-state index in [-0.39, 0.29) is 0 Å². The lowest BCUT2D eigenvalue weighted by Gasteiger charge is -2.08. The molecule has 1 aromatic heterocycles. The molecule has 0 bridgehead atoms. The van der Waals surface area contributed by atoms with Crippen molar-refractivity contribution in [1.82, 2.24) is 9.97 Å². The molecule has 0 radical (unpaired) electrons. The van der Waals surface area contributed by atoms with Gasteiger partial charge in [0.05, 0.1) is 5.52 Å². The van der Waals surface area contributed by atoms with Crippen LogP contribution in [0.4, 0.5) is 14.6 Å². The van der Waals surface area contributed by atoms with Crippen LogP contribution in [0.15, 0.2) is 18.2 Å². The van der Waals surface area contributed by atoms with Crippen LogP contribution in [-0.2, 0) is 0 Å². The van der Waals surface area contributed by atoms with Gasteiger partial charge < -0.3 is 5.32 Å². The molecule has 84 valence electrons. The number of nitrogens with zero attached hydrogens (tertiary/aromatic N) is 2. The maximum absolute atomic E-state index is 12.5. The van der Waals surface area contributed by atoms with E-state index in [1.54, 1.807) is 13.1 Å². The van der Waals surface area contributed by atoms with E-state index in [2.05, 4.69) is 15.3 Å². The van der Waals surface area contributed by atoms with Gasteiger partial charge in [-0.05, 0) is 19.1 Å². The van der Waals surface area contributed by atoms with Crippen LogP contribution < -0.4 is 5.32 Å². The predicted octanol–water partition coefficient (Wildman–Crippen LogP) is 2.92. The summed E-state index contributed by atoms with van der Waals surface area (Å²) in [4.78, 5) is 7.61. The molecule has 5 heteroatoms. The Morgan fingerprint density at radius 3 is 2.62 bits per heavy atom. The highest BCUT2D eigenvalue weighted by Crippen LogP contribution is 2.24. The van der Waals surface area contributed by atoms with Crippen LogP contribution in [0.2, 0.25) is 0 Å². The maximum atomic E-state index is 12.5. The molecule has 0 aliphatic heterocycles. The molecule has 2 aromatic rings. The van der Waals surface area contributed by atoms with E-state index in [4.69, 9.17) is 0 Å². The molecule has 16 heavy (non-hydrogen) atoms. The topological polar surface area (TPSA) is 37.8 Å². The molecule has 0 amide bonds. The Morgan fingerprint density at radius 2 is 2.00 bits per heavy atom. The minimum absolute atomic E-state index is 0.434. The third-order valence-corrected chi connectivity index (χ3v) is 2.30. The SMILES string of the molecule is CNc1nc(C(F)F)nc2ccc(C)cc12. The molecule has 1 aromatic carbocycles. The van der Waals surface area contributed by atoms with E-state index in [0.717, 1.165) is 10.9 Å². The fraction of sp³-hybridized carbons (Fsp3) is 0.273. The van der Waals surface area contributed by atoms with Crippen LogP contribution in [0.25, 0.3) is 10.9 Å². The zero-order chi connectivity index (χ0) is 11.7. The molecule has 0 aliphatic rings. The van der Waals surface area contributed by atoms with Gasteiger partial charge in [0.15, 0.2) is 5.82 Å². The van der Waals surface area contributed by atoms with Gasteiger partial charge in [-0.3, -0.25) is 0 Å². The van der Waals surface area contributed by atoms with Crippen molar-refractivity contribution in [2.45, 2.75) is 13.3 Å². The first kappa shape index (κ1) is 10.7. The second kappa shape index (κ2) is 4.00. The summed E-state index contributed by atoms with van der Waals surface area (Å²) in [6, 6.07) is 5.43. The molecule has 0 saturated carbocycles. The van der Waals surface area contributed by atoms with Crippen molar-refractivity contribution in [2.75, 3.05) is 12.4 Å². The number of hydrogen-bond donors (Lipinski definition) is 1. The minimum Gasteiger partial charge on any atom is -0.373 e. The fourth-order valence-corrected chi connectivity index (χ4v) is 1.55. The number of hydrogen-bond acceptors (Lipinski definition) is 3. The number of halogens is 2. The number of aryl methyl sites for hydroxylation is 1. The second-order valence-electron chi connectivity index (χ2n) is 3.50. The summed E-state index contributed by atoms with van der Waals surface area (Å²) in [5.74, 6) is -0.00953. The summed E-state index contributed by atoms with van der Waals surface area (Å²) in [5.41, 5.74) is 1.57. The van der Waals surface area contributed by atoms with Crippen molar-refractivity contribution in [1.29, 1.82) is 0 Å². The Balaban J connectivity index is 2.73. The third kappa shape index (κ3) is 1.80. The van der Waals surface area contributed by atoms with Gasteiger partial charge in [0.1, 0.15) is 5.82 Å². The highest BCUT2D eigenvalue weighted by molar-refractivity contribution is 5.89. The van der Waals surface area contributed by atoms with Gasteiger partial charge in [-0.2, -0.15) is 0 Å². The molecule has 0 fully saturated rings. The average Bonchev–Trinajstić information content (AvgIpc) is 2.27. The third-order valence-electron chi connectivity index (χ3n) is 2.30. The summed E-state index contributed by atoms with van der Waals surface area (Å²) in [5, 5.41) is 3.56. The second-order valence-corrected chi connectivity index (χ2v) is 3.50. The van der Waals surface area contributed by atoms with Crippen molar-refractivity contribution < 1.29 is 8.78 Å². The van der Waals surface area contributed by atoms with Crippen LogP contribution in [0, 0.1) is 6.92 Å². The van der Waals surface area contributed by atoms with Gasteiger partial charge in [-0.1, -0.05) is 11.6 Å². The predicted molar refractivity (Wildman–Crippen MR) is 58.8 cm³/mol. The van der Waals surface area contributed by atoms with E-state index in [9.17, 15) is 8.78 Å². The van der Waals surface area contributed by atoms with Gasteiger partial charge in [0.2, 0.25) is 0 Å². The van der Waals surface area contributed by atoms with Gasteiger partial charge in [0.25, 0.3) is 6.43 Å². The highest BCUT2D eigenvalue weighted by Gasteiger charge is 2.14. The van der Waals surface area contributed by atoms with E-state index >= 15 is 0 Å². The standard InChI is InChI=1S/C11H11F2N3/c1-6-3-4-8-7(5-6)10(14-2)16-11(15-8)9(12)13/h3-5,9H,1-2H3,(H,14,15,16). The number of anilines is 1. The summed E-state index contributed by atoms with van der Waals surface area (Å²) in [7, 11) is 1.65. The van der Waals surface area contributed by atoms with Gasteiger partial charge in [0, 0.05) is 12.4 Å². The maximum Gasteiger partial charge on any atom is 0.297 e. The molecule has 0 saturated heterocycles. The normalized spacial score (nSPS) is 11.1. The molecule has 0 aliphatic carbocycles. The molecular formula is C11H11F2N3. The highest BCUT2D eigenvalue weighted by atomic mass is 19.3. The van der Waals surface area contributed by atoms with Crippen molar-refractivity contribution in [2.24, 2.45) is 0 Å². The zero-order valence-corrected chi connectivity index (χ0v) is 8.96. The van der Waals surface area contributed by atoms with Gasteiger partial charge in [-0.25, -0.2) is 18.7 Å². The number of alkyl halides is 2. The molecule has 1 heterocycles. The van der Waals surface area contributed by atoms with Crippen LogP contribution >= 0.6 is 0 Å². The quantitative estimate of drug-likeness (QED) is 0.850. The Labute approximate surface area is 91.5 Å². The Hall–Kier alpha value is -1.78. The number of rotatable bonds is 2. The van der Waals surface area contributed by atoms with Crippen molar-refractivity contribution in [3.05, 3.63) is 29.6 Å². The molecule has 3 nitrogen and oxygen atoms in total. The minimum atomic E-state index is -2.65. The van der Waals surface area contributed by atoms with Crippen LogP contribution in [0.1, 0.15) is 17.8 Å². The van der Waals surface area contributed by atoms with Crippen LogP contribution in [-0.4, -0.2) is 17.0 Å². The van der Waals surface area contributed by atoms with Crippen molar-refractivity contribution >= 4 is 16.7 Å². The Morgan fingerprint density at radius 1 is 1.25 bits per heavy atom. The number of nitrogens with one attached hydrogen (secondary N) is 1.